The molecule has 11 aromatic rings. The van der Waals surface area contributed by atoms with Gasteiger partial charge in [-0.15, -0.1) is 0 Å². The first-order chi connectivity index (χ1) is 67.1. The van der Waals surface area contributed by atoms with Gasteiger partial charge in [-0.2, -0.15) is 28.0 Å². The molecule has 7 saturated heterocycles. The Balaban J connectivity index is 0.000000150. The van der Waals surface area contributed by atoms with Crippen LogP contribution in [0.3, 0.4) is 0 Å². The van der Waals surface area contributed by atoms with Crippen LogP contribution in [0.25, 0.3) is 67.1 Å². The summed E-state index contributed by atoms with van der Waals surface area (Å²) < 4.78 is 168. The summed E-state index contributed by atoms with van der Waals surface area (Å²) in [6, 6.07) is 40.7. The van der Waals surface area contributed by atoms with Gasteiger partial charge in [-0.3, -0.25) is 13.7 Å². The lowest BCUT2D eigenvalue weighted by molar-refractivity contribution is 0.00332. The van der Waals surface area contributed by atoms with E-state index < -0.39 is 120 Å². The first kappa shape index (κ1) is 112. The number of nitrogens with zero attached hydrogens (tertiary/aromatic N) is 12. The number of rotatable bonds is 28. The van der Waals surface area contributed by atoms with Crippen molar-refractivity contribution in [1.82, 2.24) is 43.6 Å². The maximum absolute atomic E-state index is 15.7. The lowest BCUT2D eigenvalue weighted by atomic mass is 9.79. The maximum Gasteiger partial charge on any atom is 0.494 e. The van der Waals surface area contributed by atoms with E-state index in [-0.39, 0.29) is 129 Å². The van der Waals surface area contributed by atoms with E-state index in [1.54, 1.807) is 101 Å². The van der Waals surface area contributed by atoms with Crippen LogP contribution in [0.2, 0.25) is 92.1 Å². The third-order valence-corrected chi connectivity index (χ3v) is 34.2. The van der Waals surface area contributed by atoms with Crippen molar-refractivity contribution in [3.05, 3.63) is 167 Å². The fraction of sp³-hybridized carbons (Fsp3) is 0.500. The van der Waals surface area contributed by atoms with E-state index in [1.807, 2.05) is 92.9 Å². The first-order valence-corrected chi connectivity index (χ1v) is 68.4. The number of ether oxygens (including phenoxy) is 12. The second kappa shape index (κ2) is 46.7. The zero-order valence-electron chi connectivity index (χ0n) is 83.1. The average molecular weight is 2390 g/mol. The standard InChI is InChI=1S/C32H38ClFN4O6SSi.C24H28BrClFN3O5Si.C18H25ClIN3O5Si.C14H22BNO3S.C8H10BrNOS/c1-45(2,40)37-21-9-6-19(7-10-21)20-8-11-22(24(34)14-20)28-23(33)15-25-31(36-28)38(18-41-12-13-46(3,4)5)32(35-25)44-27-17-43-29-26(39)16-42-30(27)29;1-36(2,3)7-6-32-12-30-23-17(9-15(26)20(29-23)14-5-4-13(25)8-16(14)27)28-24(30)35-19-11-34-21-18(31)10-33-22(19)21;1-29(2,3)5-4-25-9-23-17-11(6-10(19)16(20)22-17)21-18(23)28-13-8-27-14-12(24)7-26-15(13)14;1-13(2)14(3,4)19-15(18-13)11-7-9-12(10-8-11)16-20(5,6)17;1-12(2,11)10-8-5-3-7(9)4-6-8/h6-11,14-15,26-27,29-30,39H,12-13,16-18H2,1-5H3;4-5,8-9,18-19,21-22,31H,6-7,10-12H2,1-3H3;6,12-15,24H,4-5,7-9H2,1-3H3;7-10H,1-6H3;3-6H,1-2H3/t26-,27-,29-,30-;18-,19-,21-,22-;12-,13-,14-,15-;;/m111../s1. The Morgan fingerprint density at radius 1 is 0.434 bits per heavy atom. The molecule has 0 bridgehead atoms. The monoisotopic (exact) mass is 2380 g/mol. The minimum atomic E-state index is -2.29. The van der Waals surface area contributed by atoms with Gasteiger partial charge >= 0.3 is 25.1 Å². The van der Waals surface area contributed by atoms with Gasteiger partial charge in [-0.05, 0) is 182 Å². The number of aliphatic hydroxyl groups excluding tert-OH is 3. The number of imidazole rings is 3. The summed E-state index contributed by atoms with van der Waals surface area (Å²) in [5.41, 5.74) is 7.97. The van der Waals surface area contributed by atoms with Crippen molar-refractivity contribution in [2.24, 2.45) is 13.1 Å². The fourth-order valence-corrected chi connectivity index (χ4v) is 21.6. The minimum absolute atomic E-state index is 0.115. The minimum Gasteiger partial charge on any atom is -0.456 e. The lowest BCUT2D eigenvalue weighted by Crippen LogP contribution is -2.41. The van der Waals surface area contributed by atoms with E-state index in [9.17, 15) is 32.3 Å². The van der Waals surface area contributed by atoms with Crippen LogP contribution in [0.4, 0.5) is 25.8 Å². The smallest absolute Gasteiger partial charge is 0.456 e. The largest absolute Gasteiger partial charge is 0.494 e. The van der Waals surface area contributed by atoms with Crippen molar-refractivity contribution in [3.8, 4) is 51.7 Å². The molecule has 7 fully saturated rings. The van der Waals surface area contributed by atoms with Crippen LogP contribution in [-0.4, -0.2) is 284 Å². The van der Waals surface area contributed by atoms with Crippen LogP contribution >= 0.6 is 89.3 Å². The van der Waals surface area contributed by atoms with Crippen LogP contribution < -0.4 is 19.7 Å². The van der Waals surface area contributed by atoms with Gasteiger partial charge in [0.15, 0.2) is 35.3 Å². The molecular weight excluding hydrogens is 2260 g/mol. The number of hydrogen-bond acceptors (Lipinski definition) is 29. The normalized spacial score (nSPS) is 22.3. The summed E-state index contributed by atoms with van der Waals surface area (Å²) in [6.45, 7) is 32.6. The second-order valence-electron chi connectivity index (χ2n) is 41.2. The van der Waals surface area contributed by atoms with Gasteiger partial charge in [-0.25, -0.2) is 36.4 Å². The molecule has 0 radical (unpaired) electrons. The molecule has 143 heavy (non-hydrogen) atoms. The molecule has 0 amide bonds. The summed E-state index contributed by atoms with van der Waals surface area (Å²) >= 11 is 28.1. The summed E-state index contributed by atoms with van der Waals surface area (Å²) in [5.74, 6) is -0.941. The van der Waals surface area contributed by atoms with Crippen molar-refractivity contribution in [2.45, 2.75) is 209 Å². The highest BCUT2D eigenvalue weighted by atomic mass is 127. The van der Waals surface area contributed by atoms with Gasteiger partial charge in [0.25, 0.3) is 0 Å². The molecule has 7 aliphatic rings. The molecule has 13 heterocycles. The van der Waals surface area contributed by atoms with Crippen LogP contribution in [0, 0.1) is 15.3 Å². The molecule has 0 spiro atoms. The number of aliphatic hydroxyl groups is 3. The summed E-state index contributed by atoms with van der Waals surface area (Å²) in [4.78, 5) is 27.9. The molecule has 47 heteroatoms. The van der Waals surface area contributed by atoms with Gasteiger partial charge in [0.05, 0.1) is 94.4 Å². The van der Waals surface area contributed by atoms with Crippen LogP contribution in [0.5, 0.6) is 18.0 Å². The summed E-state index contributed by atoms with van der Waals surface area (Å²) in [6.07, 6.45) is 3.91. The van der Waals surface area contributed by atoms with Gasteiger partial charge in [-0.1, -0.05) is 156 Å². The highest BCUT2D eigenvalue weighted by Gasteiger charge is 2.54. The molecule has 18 rings (SSSR count). The molecule has 32 nitrogen and oxygen atoms in total. The Morgan fingerprint density at radius 3 is 1.10 bits per heavy atom. The second-order valence-corrected chi connectivity index (χ2v) is 69.8. The number of aromatic nitrogens is 9. The number of hydrogen-bond donors (Lipinski definition) is 3. The predicted molar refractivity (Wildman–Crippen MR) is 579 cm³/mol. The topological polar surface area (TPSA) is 370 Å². The van der Waals surface area contributed by atoms with Crippen molar-refractivity contribution in [3.63, 3.8) is 0 Å². The number of halogens is 8. The zero-order valence-corrected chi connectivity index (χ0v) is 96.2. The van der Waals surface area contributed by atoms with E-state index >= 15 is 4.39 Å². The highest BCUT2D eigenvalue weighted by Crippen LogP contribution is 2.43. The SMILES string of the molecule is CC1(C)OB(c2ccc(N=S(C)(C)=O)cc2)OC1(C)C.CS(C)(=O)=Nc1ccc(Br)cc1.C[Si](C)(C)CCOCn1c(O[C@@H]2CO[C@H]3[C@@H]2OC[C@H]3O)nc2cc(Cl)c(-c3ccc(-c4ccc(N=S(C)(C)=O)cc4)cc3F)nc21.C[Si](C)(C)CCOCn1c(O[C@@H]2CO[C@H]3[C@@H]2OC[C@H]3O)nc2cc(Cl)c(-c3ccc(Br)cc3F)nc21.C[Si](C)(C)CCOCn1c(O[C@@H]2CO[C@H]3[C@@H]2OC[C@H]3O)nc2cc(Cl)c(I)nc21. The molecule has 3 N–H and O–H groups in total. The molecule has 776 valence electrons. The van der Waals surface area contributed by atoms with Crippen molar-refractivity contribution in [1.29, 1.82) is 0 Å². The van der Waals surface area contributed by atoms with Crippen LogP contribution in [-0.2, 0) is 101 Å². The number of benzene rings is 5. The molecular formula is C96H123BBr2Cl3F2IN12O20S3Si3. The summed E-state index contributed by atoms with van der Waals surface area (Å²) in [7, 11) is -10.6. The van der Waals surface area contributed by atoms with E-state index in [4.69, 9.17) is 111 Å². The van der Waals surface area contributed by atoms with Crippen molar-refractivity contribution in [2.75, 3.05) is 97.0 Å². The zero-order chi connectivity index (χ0) is 104. The van der Waals surface area contributed by atoms with Gasteiger partial charge in [0, 0.05) is 131 Å². The third kappa shape index (κ3) is 29.8. The molecule has 0 unspecified atom stereocenters. The van der Waals surface area contributed by atoms with Gasteiger partial charge in [0.1, 0.15) is 107 Å². The quantitative estimate of drug-likeness (QED) is 0.0177. The lowest BCUT2D eigenvalue weighted by Gasteiger charge is -2.32. The van der Waals surface area contributed by atoms with E-state index in [0.29, 0.717) is 102 Å². The number of fused-ring (bicyclic) bond motifs is 6. The number of pyridine rings is 3. The van der Waals surface area contributed by atoms with Crippen molar-refractivity contribution >= 4 is 206 Å². The Morgan fingerprint density at radius 2 is 0.748 bits per heavy atom. The first-order valence-electron chi connectivity index (χ1n) is 46.5. The average Bonchev–Trinajstić information content (AvgIpc) is 1.61. The molecule has 7 aliphatic heterocycles. The van der Waals surface area contributed by atoms with Gasteiger partial charge < -0.3 is 81.5 Å². The molecule has 5 aromatic carbocycles. The fourth-order valence-electron chi connectivity index (χ4n) is 15.8. The van der Waals surface area contributed by atoms with E-state index in [0.717, 1.165) is 39.3 Å². The highest BCUT2D eigenvalue weighted by molar-refractivity contribution is 14.1. The summed E-state index contributed by atoms with van der Waals surface area (Å²) in [5, 5.41) is 31.2. The maximum atomic E-state index is 15.7. The van der Waals surface area contributed by atoms with Crippen LogP contribution in [0.1, 0.15) is 27.7 Å². The van der Waals surface area contributed by atoms with Gasteiger partial charge in [0.2, 0.25) is 0 Å². The van der Waals surface area contributed by atoms with E-state index in [1.165, 1.54) is 12.1 Å². The Hall–Kier alpha value is -6.21. The van der Waals surface area contributed by atoms with Crippen LogP contribution in [0.15, 0.2) is 149 Å². The molecule has 0 aliphatic carbocycles. The van der Waals surface area contributed by atoms with E-state index in [2.05, 4.69) is 146 Å². The molecule has 6 aromatic heterocycles. The Bertz CT molecular complexity index is 6760. The Labute approximate surface area is 882 Å². The third-order valence-electron chi connectivity index (χ3n) is 24.1. The predicted octanol–water partition coefficient (Wildman–Crippen LogP) is 19.1. The molecule has 0 saturated carbocycles. The molecule has 12 atom stereocenters. The van der Waals surface area contributed by atoms with Crippen molar-refractivity contribution < 1.29 is 103 Å². The Kier molecular flexibility index (Phi) is 36.7.